The van der Waals surface area contributed by atoms with Gasteiger partial charge in [-0.15, -0.1) is 10.2 Å². The van der Waals surface area contributed by atoms with Gasteiger partial charge in [-0.3, -0.25) is 10.1 Å². The monoisotopic (exact) mass is 306 g/mol. The molecule has 7 heteroatoms. The van der Waals surface area contributed by atoms with E-state index in [4.69, 9.17) is 4.74 Å². The van der Waals surface area contributed by atoms with E-state index in [1.165, 1.54) is 11.3 Å². The molecule has 2 aromatic rings. The first-order valence-corrected chi connectivity index (χ1v) is 7.51. The Labute approximate surface area is 127 Å². The number of benzene rings is 1. The molecule has 1 aromatic heterocycles. The number of amides is 1. The zero-order valence-electron chi connectivity index (χ0n) is 12.2. The second-order valence-corrected chi connectivity index (χ2v) is 5.59. The van der Waals surface area contributed by atoms with Gasteiger partial charge in [-0.05, 0) is 32.9 Å². The van der Waals surface area contributed by atoms with Crippen LogP contribution in [0.15, 0.2) is 24.3 Å². The number of hydrogen-bond acceptors (Lipinski definition) is 6. The highest BCUT2D eigenvalue weighted by Crippen LogP contribution is 2.24. The molecule has 0 fully saturated rings. The molecule has 2 rings (SSSR count). The third kappa shape index (κ3) is 4.16. The highest BCUT2D eigenvalue weighted by atomic mass is 32.1. The van der Waals surface area contributed by atoms with Crippen molar-refractivity contribution in [1.29, 1.82) is 0 Å². The van der Waals surface area contributed by atoms with Crippen LogP contribution in [-0.4, -0.2) is 28.8 Å². The van der Waals surface area contributed by atoms with Crippen LogP contribution in [0.4, 0.5) is 10.8 Å². The molecule has 0 radical (unpaired) electrons. The first kappa shape index (κ1) is 15.2. The van der Waals surface area contributed by atoms with Crippen molar-refractivity contribution in [2.45, 2.75) is 26.8 Å². The molecular weight excluding hydrogens is 288 g/mol. The number of aryl methyl sites for hydroxylation is 1. The molecule has 0 bridgehead atoms. The molecule has 1 unspecified atom stereocenters. The highest BCUT2D eigenvalue weighted by molar-refractivity contribution is 7.15. The van der Waals surface area contributed by atoms with E-state index < -0.39 is 6.04 Å². The zero-order chi connectivity index (χ0) is 15.2. The molecule has 0 aliphatic rings. The number of ether oxygens (including phenoxy) is 1. The number of hydrogen-bond donors (Lipinski definition) is 2. The van der Waals surface area contributed by atoms with E-state index in [-0.39, 0.29) is 5.91 Å². The van der Waals surface area contributed by atoms with Gasteiger partial charge >= 0.3 is 0 Å². The SMILES string of the molecule is CCOc1ccccc1NC(C)C(=O)Nc1nnc(C)s1. The van der Waals surface area contributed by atoms with Crippen molar-refractivity contribution >= 4 is 28.1 Å². The quantitative estimate of drug-likeness (QED) is 0.858. The molecule has 2 N–H and O–H groups in total. The van der Waals surface area contributed by atoms with E-state index >= 15 is 0 Å². The van der Waals surface area contributed by atoms with Gasteiger partial charge in [0.05, 0.1) is 12.3 Å². The van der Waals surface area contributed by atoms with Crippen LogP contribution in [0.5, 0.6) is 5.75 Å². The fraction of sp³-hybridized carbons (Fsp3) is 0.357. The lowest BCUT2D eigenvalue weighted by atomic mass is 10.2. The van der Waals surface area contributed by atoms with Crippen molar-refractivity contribution in [3.63, 3.8) is 0 Å². The van der Waals surface area contributed by atoms with Crippen LogP contribution in [0.3, 0.4) is 0 Å². The Hall–Kier alpha value is -2.15. The fourth-order valence-electron chi connectivity index (χ4n) is 1.73. The maximum atomic E-state index is 12.1. The predicted molar refractivity (Wildman–Crippen MR) is 84.0 cm³/mol. The largest absolute Gasteiger partial charge is 0.492 e. The molecule has 0 aliphatic heterocycles. The first-order chi connectivity index (χ1) is 10.1. The van der Waals surface area contributed by atoms with Gasteiger partial charge in [-0.1, -0.05) is 23.5 Å². The van der Waals surface area contributed by atoms with Crippen molar-refractivity contribution < 1.29 is 9.53 Å². The van der Waals surface area contributed by atoms with Crippen LogP contribution in [0.2, 0.25) is 0 Å². The molecule has 21 heavy (non-hydrogen) atoms. The summed E-state index contributed by atoms with van der Waals surface area (Å²) in [5.74, 6) is 0.559. The van der Waals surface area contributed by atoms with Gasteiger partial charge in [0, 0.05) is 0 Å². The van der Waals surface area contributed by atoms with E-state index in [0.29, 0.717) is 11.7 Å². The Morgan fingerprint density at radius 3 is 2.81 bits per heavy atom. The second kappa shape index (κ2) is 7.03. The topological polar surface area (TPSA) is 76.1 Å². The molecule has 1 aromatic carbocycles. The summed E-state index contributed by atoms with van der Waals surface area (Å²) < 4.78 is 5.52. The van der Waals surface area contributed by atoms with Crippen LogP contribution >= 0.6 is 11.3 Å². The molecule has 112 valence electrons. The normalized spacial score (nSPS) is 11.8. The Bertz CT molecular complexity index is 615. The number of aromatic nitrogens is 2. The number of anilines is 2. The molecule has 6 nitrogen and oxygen atoms in total. The predicted octanol–water partition coefficient (Wildman–Crippen LogP) is 2.68. The lowest BCUT2D eigenvalue weighted by molar-refractivity contribution is -0.116. The average Bonchev–Trinajstić information content (AvgIpc) is 2.86. The van der Waals surface area contributed by atoms with Gasteiger partial charge in [0.1, 0.15) is 16.8 Å². The number of para-hydroxylation sites is 2. The highest BCUT2D eigenvalue weighted by Gasteiger charge is 2.16. The van der Waals surface area contributed by atoms with Gasteiger partial charge in [-0.2, -0.15) is 0 Å². The van der Waals surface area contributed by atoms with Crippen molar-refractivity contribution in [3.8, 4) is 5.75 Å². The second-order valence-electron chi connectivity index (χ2n) is 4.41. The van der Waals surface area contributed by atoms with Gasteiger partial charge in [0.15, 0.2) is 0 Å². The van der Waals surface area contributed by atoms with E-state index in [0.717, 1.165) is 16.4 Å². The summed E-state index contributed by atoms with van der Waals surface area (Å²) in [4.78, 5) is 12.1. The number of rotatable bonds is 6. The number of nitrogens with zero attached hydrogens (tertiary/aromatic N) is 2. The minimum atomic E-state index is -0.421. The minimum absolute atomic E-state index is 0.169. The lowest BCUT2D eigenvalue weighted by Gasteiger charge is -2.17. The summed E-state index contributed by atoms with van der Waals surface area (Å²) in [7, 11) is 0. The third-order valence-corrected chi connectivity index (χ3v) is 3.46. The van der Waals surface area contributed by atoms with Crippen molar-refractivity contribution in [3.05, 3.63) is 29.3 Å². The maximum Gasteiger partial charge on any atom is 0.248 e. The van der Waals surface area contributed by atoms with Crippen LogP contribution in [0.25, 0.3) is 0 Å². The zero-order valence-corrected chi connectivity index (χ0v) is 13.0. The van der Waals surface area contributed by atoms with E-state index in [2.05, 4.69) is 20.8 Å². The smallest absolute Gasteiger partial charge is 0.248 e. The van der Waals surface area contributed by atoms with Crippen LogP contribution in [-0.2, 0) is 4.79 Å². The van der Waals surface area contributed by atoms with Crippen molar-refractivity contribution in [1.82, 2.24) is 10.2 Å². The number of carbonyl (C=O) groups is 1. The Balaban J connectivity index is 2.00. The summed E-state index contributed by atoms with van der Waals surface area (Å²) in [6.07, 6.45) is 0. The van der Waals surface area contributed by atoms with E-state index in [1.54, 1.807) is 6.92 Å². The molecule has 1 atom stereocenters. The molecule has 0 aliphatic carbocycles. The Kier molecular flexibility index (Phi) is 5.10. The molecule has 0 saturated carbocycles. The number of carbonyl (C=O) groups excluding carboxylic acids is 1. The third-order valence-electron chi connectivity index (χ3n) is 2.71. The van der Waals surface area contributed by atoms with Gasteiger partial charge in [-0.25, -0.2) is 0 Å². The van der Waals surface area contributed by atoms with Gasteiger partial charge < -0.3 is 10.1 Å². The summed E-state index contributed by atoms with van der Waals surface area (Å²) in [6, 6.07) is 7.11. The van der Waals surface area contributed by atoms with Crippen LogP contribution in [0, 0.1) is 6.92 Å². The van der Waals surface area contributed by atoms with Crippen LogP contribution < -0.4 is 15.4 Å². The van der Waals surface area contributed by atoms with E-state index in [9.17, 15) is 4.79 Å². The van der Waals surface area contributed by atoms with Gasteiger partial charge in [0.2, 0.25) is 11.0 Å². The molecule has 1 amide bonds. The maximum absolute atomic E-state index is 12.1. The molecule has 1 heterocycles. The lowest BCUT2D eigenvalue weighted by Crippen LogP contribution is -2.32. The minimum Gasteiger partial charge on any atom is -0.492 e. The first-order valence-electron chi connectivity index (χ1n) is 6.69. The van der Waals surface area contributed by atoms with Crippen molar-refractivity contribution in [2.24, 2.45) is 0 Å². The number of nitrogens with one attached hydrogen (secondary N) is 2. The summed E-state index contributed by atoms with van der Waals surface area (Å²) >= 11 is 1.34. The Morgan fingerprint density at radius 1 is 1.38 bits per heavy atom. The van der Waals surface area contributed by atoms with E-state index in [1.807, 2.05) is 38.1 Å². The van der Waals surface area contributed by atoms with Crippen molar-refractivity contribution in [2.75, 3.05) is 17.2 Å². The summed E-state index contributed by atoms with van der Waals surface area (Å²) in [5, 5.41) is 14.9. The van der Waals surface area contributed by atoms with Gasteiger partial charge in [0.25, 0.3) is 0 Å². The molecular formula is C14H18N4O2S. The standard InChI is InChI=1S/C14H18N4O2S/c1-4-20-12-8-6-5-7-11(12)15-9(2)13(19)16-14-18-17-10(3)21-14/h5-9,15H,4H2,1-3H3,(H,16,18,19). The summed E-state index contributed by atoms with van der Waals surface area (Å²) in [6.45, 7) is 6.12. The fourth-order valence-corrected chi connectivity index (χ4v) is 2.32. The molecule has 0 spiro atoms. The summed E-state index contributed by atoms with van der Waals surface area (Å²) in [5.41, 5.74) is 0.787. The van der Waals surface area contributed by atoms with Crippen LogP contribution in [0.1, 0.15) is 18.9 Å². The Morgan fingerprint density at radius 2 is 2.14 bits per heavy atom. The molecule has 0 saturated heterocycles. The average molecular weight is 306 g/mol.